The van der Waals surface area contributed by atoms with Gasteiger partial charge in [0.1, 0.15) is 10.8 Å². The first kappa shape index (κ1) is 15.6. The number of carbonyl (C=O) groups is 2. The van der Waals surface area contributed by atoms with Crippen LogP contribution in [0.5, 0.6) is 0 Å². The average Bonchev–Trinajstić information content (AvgIpc) is 2.84. The van der Waals surface area contributed by atoms with Crippen LogP contribution < -0.4 is 16.0 Å². The zero-order valence-corrected chi connectivity index (χ0v) is 13.8. The maximum absolute atomic E-state index is 11.5. The standard InChI is InChI=1S/C16H18N4O2S/c1-9(21)19-14-4-3-11(7-18-14)15-12-5-6-17-8-13(12)23-16(15)20-10(2)22/h3-4,7,17H,5-6,8H2,1-2H3,(H,20,22)(H,18,19,21). The number of anilines is 2. The molecule has 7 heteroatoms. The molecular formula is C16H18N4O2S. The molecule has 3 N–H and O–H groups in total. The van der Waals surface area contributed by atoms with Gasteiger partial charge in [0.25, 0.3) is 0 Å². The summed E-state index contributed by atoms with van der Waals surface area (Å²) in [5.74, 6) is 0.289. The quantitative estimate of drug-likeness (QED) is 0.807. The van der Waals surface area contributed by atoms with Crippen molar-refractivity contribution in [3.8, 4) is 11.1 Å². The van der Waals surface area contributed by atoms with Crippen molar-refractivity contribution in [2.75, 3.05) is 17.2 Å². The molecule has 3 heterocycles. The molecule has 0 radical (unpaired) electrons. The lowest BCUT2D eigenvalue weighted by Gasteiger charge is -2.14. The fourth-order valence-electron chi connectivity index (χ4n) is 2.68. The SMILES string of the molecule is CC(=O)Nc1ccc(-c2c(NC(C)=O)sc3c2CCNC3)cn1. The van der Waals surface area contributed by atoms with Gasteiger partial charge in [-0.05, 0) is 30.7 Å². The molecule has 1 aliphatic heterocycles. The summed E-state index contributed by atoms with van der Waals surface area (Å²) in [7, 11) is 0. The number of rotatable bonds is 3. The van der Waals surface area contributed by atoms with Crippen LogP contribution in [0.15, 0.2) is 18.3 Å². The normalized spacial score (nSPS) is 13.3. The summed E-state index contributed by atoms with van der Waals surface area (Å²) in [4.78, 5) is 28.1. The summed E-state index contributed by atoms with van der Waals surface area (Å²) in [6.45, 7) is 4.71. The number of aromatic nitrogens is 1. The second kappa shape index (κ2) is 6.47. The fraction of sp³-hybridized carbons (Fsp3) is 0.312. The van der Waals surface area contributed by atoms with E-state index in [4.69, 9.17) is 0 Å². The van der Waals surface area contributed by atoms with Crippen LogP contribution in [-0.4, -0.2) is 23.3 Å². The van der Waals surface area contributed by atoms with Crippen molar-refractivity contribution in [3.63, 3.8) is 0 Å². The molecule has 0 unspecified atom stereocenters. The molecule has 2 aromatic heterocycles. The van der Waals surface area contributed by atoms with E-state index in [2.05, 4.69) is 20.9 Å². The number of thiophene rings is 1. The van der Waals surface area contributed by atoms with Gasteiger partial charge in [-0.1, -0.05) is 0 Å². The summed E-state index contributed by atoms with van der Waals surface area (Å²) in [6, 6.07) is 3.70. The molecule has 0 aliphatic carbocycles. The highest BCUT2D eigenvalue weighted by molar-refractivity contribution is 7.17. The van der Waals surface area contributed by atoms with E-state index in [0.717, 1.165) is 35.6 Å². The molecular weight excluding hydrogens is 312 g/mol. The number of amides is 2. The molecule has 0 atom stereocenters. The molecule has 23 heavy (non-hydrogen) atoms. The van der Waals surface area contributed by atoms with E-state index in [-0.39, 0.29) is 11.8 Å². The van der Waals surface area contributed by atoms with E-state index in [1.807, 2.05) is 6.07 Å². The van der Waals surface area contributed by atoms with Crippen LogP contribution >= 0.6 is 11.3 Å². The van der Waals surface area contributed by atoms with E-state index in [0.29, 0.717) is 5.82 Å². The third kappa shape index (κ3) is 3.40. The van der Waals surface area contributed by atoms with Gasteiger partial charge in [0.2, 0.25) is 11.8 Å². The first-order valence-corrected chi connectivity index (χ1v) is 8.23. The van der Waals surface area contributed by atoms with Gasteiger partial charge in [-0.2, -0.15) is 0 Å². The maximum atomic E-state index is 11.5. The van der Waals surface area contributed by atoms with E-state index in [9.17, 15) is 9.59 Å². The van der Waals surface area contributed by atoms with Crippen molar-refractivity contribution < 1.29 is 9.59 Å². The Hall–Kier alpha value is -2.25. The smallest absolute Gasteiger partial charge is 0.222 e. The summed E-state index contributed by atoms with van der Waals surface area (Å²) in [5, 5.41) is 9.80. The van der Waals surface area contributed by atoms with Crippen LogP contribution in [0.1, 0.15) is 24.3 Å². The van der Waals surface area contributed by atoms with Crippen molar-refractivity contribution >= 4 is 34.0 Å². The number of hydrogen-bond donors (Lipinski definition) is 3. The molecule has 2 amide bonds. The van der Waals surface area contributed by atoms with Crippen LogP contribution in [0, 0.1) is 0 Å². The van der Waals surface area contributed by atoms with Crippen LogP contribution in [0.3, 0.4) is 0 Å². The molecule has 0 saturated heterocycles. The van der Waals surface area contributed by atoms with Gasteiger partial charge in [0.05, 0.1) is 0 Å². The van der Waals surface area contributed by atoms with Crippen molar-refractivity contribution in [3.05, 3.63) is 28.8 Å². The van der Waals surface area contributed by atoms with Gasteiger partial charge in [-0.25, -0.2) is 4.98 Å². The summed E-state index contributed by atoms with van der Waals surface area (Å²) < 4.78 is 0. The predicted molar refractivity (Wildman–Crippen MR) is 91.6 cm³/mol. The highest BCUT2D eigenvalue weighted by Gasteiger charge is 2.22. The zero-order chi connectivity index (χ0) is 16.4. The second-order valence-corrected chi connectivity index (χ2v) is 6.53. The third-order valence-electron chi connectivity index (χ3n) is 3.57. The molecule has 2 aromatic rings. The van der Waals surface area contributed by atoms with Gasteiger partial charge in [-0.15, -0.1) is 11.3 Å². The molecule has 0 saturated carbocycles. The Bertz CT molecular complexity index is 752. The highest BCUT2D eigenvalue weighted by Crippen LogP contribution is 2.42. The van der Waals surface area contributed by atoms with Crippen LogP contribution in [0.2, 0.25) is 0 Å². The Morgan fingerprint density at radius 3 is 2.65 bits per heavy atom. The van der Waals surface area contributed by atoms with Crippen LogP contribution in [0.4, 0.5) is 10.8 Å². The van der Waals surface area contributed by atoms with Gasteiger partial charge < -0.3 is 16.0 Å². The largest absolute Gasteiger partial charge is 0.317 e. The monoisotopic (exact) mass is 330 g/mol. The second-order valence-electron chi connectivity index (χ2n) is 5.43. The lowest BCUT2D eigenvalue weighted by atomic mass is 9.99. The van der Waals surface area contributed by atoms with E-state index in [1.165, 1.54) is 24.3 Å². The molecule has 120 valence electrons. The molecule has 6 nitrogen and oxygen atoms in total. The molecule has 0 fully saturated rings. The first-order chi connectivity index (χ1) is 11.0. The van der Waals surface area contributed by atoms with Crippen LogP contribution in [-0.2, 0) is 22.6 Å². The molecule has 0 bridgehead atoms. The van der Waals surface area contributed by atoms with Crippen LogP contribution in [0.25, 0.3) is 11.1 Å². The lowest BCUT2D eigenvalue weighted by Crippen LogP contribution is -2.22. The maximum Gasteiger partial charge on any atom is 0.222 e. The van der Waals surface area contributed by atoms with E-state index < -0.39 is 0 Å². The average molecular weight is 330 g/mol. The minimum atomic E-state index is -0.150. The molecule has 1 aliphatic rings. The Morgan fingerprint density at radius 1 is 1.22 bits per heavy atom. The minimum absolute atomic E-state index is 0.0827. The number of nitrogens with one attached hydrogen (secondary N) is 3. The summed E-state index contributed by atoms with van der Waals surface area (Å²) in [5.41, 5.74) is 3.26. The highest BCUT2D eigenvalue weighted by atomic mass is 32.1. The van der Waals surface area contributed by atoms with E-state index >= 15 is 0 Å². The summed E-state index contributed by atoms with van der Waals surface area (Å²) in [6.07, 6.45) is 2.66. The number of nitrogens with zero attached hydrogens (tertiary/aromatic N) is 1. The fourth-order valence-corrected chi connectivity index (χ4v) is 3.97. The Kier molecular flexibility index (Phi) is 4.40. The van der Waals surface area contributed by atoms with Gasteiger partial charge in [0.15, 0.2) is 0 Å². The number of hydrogen-bond acceptors (Lipinski definition) is 5. The number of pyridine rings is 1. The topological polar surface area (TPSA) is 83.1 Å². The Morgan fingerprint density at radius 2 is 2.00 bits per heavy atom. The third-order valence-corrected chi connectivity index (χ3v) is 4.72. The first-order valence-electron chi connectivity index (χ1n) is 7.41. The Balaban J connectivity index is 2.01. The number of fused-ring (bicyclic) bond motifs is 1. The van der Waals surface area contributed by atoms with Crippen molar-refractivity contribution in [1.29, 1.82) is 0 Å². The van der Waals surface area contributed by atoms with Crippen molar-refractivity contribution in [1.82, 2.24) is 10.3 Å². The zero-order valence-electron chi connectivity index (χ0n) is 13.0. The molecule has 3 rings (SSSR count). The van der Waals surface area contributed by atoms with Gasteiger partial charge >= 0.3 is 0 Å². The number of carbonyl (C=O) groups excluding carboxylic acids is 2. The van der Waals surface area contributed by atoms with E-state index in [1.54, 1.807) is 23.6 Å². The summed E-state index contributed by atoms with van der Waals surface area (Å²) >= 11 is 1.61. The van der Waals surface area contributed by atoms with Gasteiger partial charge in [-0.3, -0.25) is 9.59 Å². The van der Waals surface area contributed by atoms with Crippen molar-refractivity contribution in [2.24, 2.45) is 0 Å². The predicted octanol–water partition coefficient (Wildman–Crippen LogP) is 2.37. The minimum Gasteiger partial charge on any atom is -0.317 e. The Labute approximate surface area is 138 Å². The lowest BCUT2D eigenvalue weighted by molar-refractivity contribution is -0.115. The van der Waals surface area contributed by atoms with Gasteiger partial charge in [0, 0.05) is 42.6 Å². The molecule has 0 spiro atoms. The molecule has 0 aromatic carbocycles. The van der Waals surface area contributed by atoms with Crippen molar-refractivity contribution in [2.45, 2.75) is 26.8 Å².